The van der Waals surface area contributed by atoms with Crippen LogP contribution in [-0.4, -0.2) is 9.97 Å². The van der Waals surface area contributed by atoms with Gasteiger partial charge in [-0.25, -0.2) is 4.98 Å². The SMILES string of the molecule is CCCc1ccc(NC(C)c2c(C)nc(C)[nH]c2=O)cc1. The van der Waals surface area contributed by atoms with Crippen LogP contribution in [-0.2, 0) is 6.42 Å². The van der Waals surface area contributed by atoms with Gasteiger partial charge < -0.3 is 10.3 Å². The van der Waals surface area contributed by atoms with Crippen molar-refractivity contribution in [3.63, 3.8) is 0 Å². The molecule has 4 nitrogen and oxygen atoms in total. The molecule has 1 aromatic carbocycles. The van der Waals surface area contributed by atoms with E-state index in [0.29, 0.717) is 11.4 Å². The summed E-state index contributed by atoms with van der Waals surface area (Å²) >= 11 is 0. The largest absolute Gasteiger partial charge is 0.378 e. The smallest absolute Gasteiger partial charge is 0.256 e. The zero-order valence-electron chi connectivity index (χ0n) is 13.2. The number of rotatable bonds is 5. The molecule has 0 spiro atoms. The molecule has 1 unspecified atom stereocenters. The number of nitrogens with zero attached hydrogens (tertiary/aromatic N) is 1. The van der Waals surface area contributed by atoms with Gasteiger partial charge in [0.2, 0.25) is 0 Å². The van der Waals surface area contributed by atoms with Gasteiger partial charge in [0.15, 0.2) is 0 Å². The Labute approximate surface area is 125 Å². The quantitative estimate of drug-likeness (QED) is 0.883. The third-order valence-corrected chi connectivity index (χ3v) is 3.57. The number of nitrogens with one attached hydrogen (secondary N) is 2. The standard InChI is InChI=1S/C17H23N3O/c1-5-6-14-7-9-15(10-8-14)19-12(3)16-11(2)18-13(4)20-17(16)21/h7-10,12,19H,5-6H2,1-4H3,(H,18,20,21). The van der Waals surface area contributed by atoms with Gasteiger partial charge in [-0.15, -0.1) is 0 Å². The Hall–Kier alpha value is -2.10. The second kappa shape index (κ2) is 6.57. The van der Waals surface area contributed by atoms with Gasteiger partial charge in [-0.05, 0) is 44.9 Å². The fraction of sp³-hybridized carbons (Fsp3) is 0.412. The lowest BCUT2D eigenvalue weighted by atomic mass is 10.1. The molecular weight excluding hydrogens is 262 g/mol. The first-order valence-corrected chi connectivity index (χ1v) is 7.44. The van der Waals surface area contributed by atoms with Crippen LogP contribution in [0.1, 0.15) is 49.0 Å². The molecule has 1 atom stereocenters. The molecule has 2 rings (SSSR count). The second-order valence-corrected chi connectivity index (χ2v) is 5.46. The van der Waals surface area contributed by atoms with E-state index >= 15 is 0 Å². The van der Waals surface area contributed by atoms with Crippen molar-refractivity contribution in [1.82, 2.24) is 9.97 Å². The molecule has 1 aromatic heterocycles. The van der Waals surface area contributed by atoms with Crippen LogP contribution >= 0.6 is 0 Å². The lowest BCUT2D eigenvalue weighted by Crippen LogP contribution is -2.23. The normalized spacial score (nSPS) is 12.2. The van der Waals surface area contributed by atoms with Crippen LogP contribution in [0.15, 0.2) is 29.1 Å². The van der Waals surface area contributed by atoms with Crippen molar-refractivity contribution in [2.45, 2.75) is 46.6 Å². The maximum absolute atomic E-state index is 12.1. The molecule has 0 aliphatic rings. The minimum atomic E-state index is -0.0844. The van der Waals surface area contributed by atoms with Crippen molar-refractivity contribution in [3.8, 4) is 0 Å². The lowest BCUT2D eigenvalue weighted by Gasteiger charge is -2.17. The third-order valence-electron chi connectivity index (χ3n) is 3.57. The number of anilines is 1. The van der Waals surface area contributed by atoms with Crippen molar-refractivity contribution < 1.29 is 0 Å². The minimum absolute atomic E-state index is 0.0670. The Balaban J connectivity index is 2.18. The molecule has 21 heavy (non-hydrogen) atoms. The maximum Gasteiger partial charge on any atom is 0.256 e. The van der Waals surface area contributed by atoms with Gasteiger partial charge in [0.1, 0.15) is 5.82 Å². The van der Waals surface area contributed by atoms with Gasteiger partial charge in [0.05, 0.1) is 17.3 Å². The summed E-state index contributed by atoms with van der Waals surface area (Å²) in [6, 6.07) is 8.30. The van der Waals surface area contributed by atoms with Crippen LogP contribution < -0.4 is 10.9 Å². The topological polar surface area (TPSA) is 57.8 Å². The van der Waals surface area contributed by atoms with Crippen LogP contribution in [0.4, 0.5) is 5.69 Å². The summed E-state index contributed by atoms with van der Waals surface area (Å²) in [5.41, 5.74) is 3.75. The number of aromatic amines is 1. The molecule has 0 bridgehead atoms. The van der Waals surface area contributed by atoms with E-state index in [1.807, 2.05) is 13.8 Å². The average molecular weight is 285 g/mol. The summed E-state index contributed by atoms with van der Waals surface area (Å²) in [5, 5.41) is 3.37. The number of hydrogen-bond acceptors (Lipinski definition) is 3. The van der Waals surface area contributed by atoms with Gasteiger partial charge >= 0.3 is 0 Å². The average Bonchev–Trinajstić information content (AvgIpc) is 2.40. The van der Waals surface area contributed by atoms with Crippen LogP contribution in [0.5, 0.6) is 0 Å². The summed E-state index contributed by atoms with van der Waals surface area (Å²) in [5.74, 6) is 0.650. The molecule has 0 saturated heterocycles. The summed E-state index contributed by atoms with van der Waals surface area (Å²) in [6.45, 7) is 7.82. The Morgan fingerprint density at radius 3 is 2.48 bits per heavy atom. The van der Waals surface area contributed by atoms with Crippen molar-refractivity contribution in [3.05, 3.63) is 57.3 Å². The lowest BCUT2D eigenvalue weighted by molar-refractivity contribution is 0.813. The van der Waals surface area contributed by atoms with E-state index in [0.717, 1.165) is 24.2 Å². The van der Waals surface area contributed by atoms with Gasteiger partial charge in [0.25, 0.3) is 5.56 Å². The molecule has 0 saturated carbocycles. The van der Waals surface area contributed by atoms with E-state index in [2.05, 4.69) is 46.5 Å². The molecule has 0 aliphatic heterocycles. The van der Waals surface area contributed by atoms with Gasteiger partial charge in [0, 0.05) is 5.69 Å². The Morgan fingerprint density at radius 1 is 1.24 bits per heavy atom. The first kappa shape index (κ1) is 15.3. The van der Waals surface area contributed by atoms with Crippen molar-refractivity contribution >= 4 is 5.69 Å². The first-order chi connectivity index (χ1) is 10.0. The molecule has 112 valence electrons. The molecule has 2 aromatic rings. The number of aromatic nitrogens is 2. The highest BCUT2D eigenvalue weighted by Crippen LogP contribution is 2.19. The van der Waals surface area contributed by atoms with Crippen LogP contribution in [0.2, 0.25) is 0 Å². The Morgan fingerprint density at radius 2 is 1.90 bits per heavy atom. The maximum atomic E-state index is 12.1. The van der Waals surface area contributed by atoms with E-state index in [4.69, 9.17) is 0 Å². The van der Waals surface area contributed by atoms with Crippen molar-refractivity contribution in [2.75, 3.05) is 5.32 Å². The predicted octanol–water partition coefficient (Wildman–Crippen LogP) is 3.51. The molecule has 0 fully saturated rings. The van der Waals surface area contributed by atoms with Crippen molar-refractivity contribution in [2.24, 2.45) is 0 Å². The second-order valence-electron chi connectivity index (χ2n) is 5.46. The fourth-order valence-electron chi connectivity index (χ4n) is 2.62. The Kier molecular flexibility index (Phi) is 4.78. The van der Waals surface area contributed by atoms with E-state index in [-0.39, 0.29) is 11.6 Å². The summed E-state index contributed by atoms with van der Waals surface area (Å²) < 4.78 is 0. The number of H-pyrrole nitrogens is 1. The Bertz CT molecular complexity index is 659. The minimum Gasteiger partial charge on any atom is -0.378 e. The van der Waals surface area contributed by atoms with E-state index in [1.54, 1.807) is 6.92 Å². The fourth-order valence-corrected chi connectivity index (χ4v) is 2.62. The monoisotopic (exact) mass is 285 g/mol. The van der Waals surface area contributed by atoms with E-state index < -0.39 is 0 Å². The predicted molar refractivity (Wildman–Crippen MR) is 86.8 cm³/mol. The number of benzene rings is 1. The number of hydrogen-bond donors (Lipinski definition) is 2. The third kappa shape index (κ3) is 3.72. The van der Waals surface area contributed by atoms with E-state index in [1.165, 1.54) is 5.56 Å². The van der Waals surface area contributed by atoms with Gasteiger partial charge in [-0.3, -0.25) is 4.79 Å². The summed E-state index contributed by atoms with van der Waals surface area (Å²) in [6.07, 6.45) is 2.24. The molecular formula is C17H23N3O. The highest BCUT2D eigenvalue weighted by molar-refractivity contribution is 5.46. The molecule has 1 heterocycles. The highest BCUT2D eigenvalue weighted by atomic mass is 16.1. The molecule has 0 aliphatic carbocycles. The summed E-state index contributed by atoms with van der Waals surface area (Å²) in [4.78, 5) is 19.2. The van der Waals surface area contributed by atoms with Crippen LogP contribution in [0.3, 0.4) is 0 Å². The van der Waals surface area contributed by atoms with E-state index in [9.17, 15) is 4.79 Å². The molecule has 2 N–H and O–H groups in total. The van der Waals surface area contributed by atoms with Gasteiger partial charge in [-0.2, -0.15) is 0 Å². The summed E-state index contributed by atoms with van der Waals surface area (Å²) in [7, 11) is 0. The highest BCUT2D eigenvalue weighted by Gasteiger charge is 2.14. The molecule has 0 amide bonds. The van der Waals surface area contributed by atoms with Crippen LogP contribution in [0, 0.1) is 13.8 Å². The first-order valence-electron chi connectivity index (χ1n) is 7.44. The zero-order chi connectivity index (χ0) is 15.4. The van der Waals surface area contributed by atoms with Gasteiger partial charge in [-0.1, -0.05) is 25.5 Å². The zero-order valence-corrected chi connectivity index (χ0v) is 13.2. The molecule has 4 heteroatoms. The van der Waals surface area contributed by atoms with Crippen molar-refractivity contribution in [1.29, 1.82) is 0 Å². The molecule has 0 radical (unpaired) electrons. The number of aryl methyl sites for hydroxylation is 3. The van der Waals surface area contributed by atoms with Crippen LogP contribution in [0.25, 0.3) is 0 Å².